The molecular formula is C62H83N9O11. The first kappa shape index (κ1) is 64.6. The van der Waals surface area contributed by atoms with Gasteiger partial charge in [-0.25, -0.2) is 0 Å². The molecule has 82 heavy (non-hydrogen) atoms. The van der Waals surface area contributed by atoms with Gasteiger partial charge in [-0.05, 0) is 92.0 Å². The molecule has 20 heteroatoms. The highest BCUT2D eigenvalue weighted by atomic mass is 16.5. The minimum Gasteiger partial charge on any atom is -0.508 e. The molecule has 6 atom stereocenters. The predicted molar refractivity (Wildman–Crippen MR) is 315 cm³/mol. The quantitative estimate of drug-likeness (QED) is 0.0489. The van der Waals surface area contributed by atoms with Crippen molar-refractivity contribution in [2.75, 3.05) is 45.9 Å². The first-order valence-electron chi connectivity index (χ1n) is 28.3. The van der Waals surface area contributed by atoms with E-state index >= 15 is 0 Å². The van der Waals surface area contributed by atoms with Crippen LogP contribution in [0.25, 0.3) is 12.2 Å². The Bertz CT molecular complexity index is 2770. The van der Waals surface area contributed by atoms with Gasteiger partial charge in [-0.15, -0.1) is 0 Å². The molecule has 7 amide bonds. The van der Waals surface area contributed by atoms with Gasteiger partial charge in [-0.3, -0.25) is 33.6 Å². The molecule has 0 spiro atoms. The number of nitrogens with one attached hydrogen (secondary N) is 7. The molecule has 0 radical (unpaired) electrons. The summed E-state index contributed by atoms with van der Waals surface area (Å²) in [5.41, 5.74) is 8.87. The number of phenolic OH excluding ortho intramolecular Hbond substituents is 2. The SMILES string of the molecule is CCC[C@@H]1NC(=O)C2CCCN2C(=O)[C@@H](Cc2ccc(O)cc2)NCCOc2ccccc2/C=C/CNC1=O.CCC[C@H](NC(=O)[C@H](NC(=O)[C@@H](Cc1ccc(O)cc1)NCCOc1ccccc1/C=C/CNC(C)=O)C(C)C)C(N)=O. The van der Waals surface area contributed by atoms with Crippen LogP contribution in [0.15, 0.2) is 109 Å². The number of hydrogen-bond acceptors (Lipinski definition) is 13. The van der Waals surface area contributed by atoms with Crippen LogP contribution in [-0.2, 0) is 46.4 Å². The molecule has 6 rings (SSSR count). The highest BCUT2D eigenvalue weighted by molar-refractivity contribution is 5.94. The summed E-state index contributed by atoms with van der Waals surface area (Å²) in [4.78, 5) is 91.2. The Balaban J connectivity index is 0.000000302. The topological polar surface area (TPSA) is 292 Å². The fourth-order valence-corrected chi connectivity index (χ4v) is 9.34. The van der Waals surface area contributed by atoms with Gasteiger partial charge in [0.2, 0.25) is 41.4 Å². The minimum absolute atomic E-state index is 0.113. The van der Waals surface area contributed by atoms with Gasteiger partial charge in [0.05, 0.1) is 12.1 Å². The van der Waals surface area contributed by atoms with Crippen LogP contribution in [0.2, 0.25) is 0 Å². The predicted octanol–water partition coefficient (Wildman–Crippen LogP) is 4.42. The van der Waals surface area contributed by atoms with Gasteiger partial charge < -0.3 is 67.5 Å². The summed E-state index contributed by atoms with van der Waals surface area (Å²) in [7, 11) is 0. The number of benzene rings is 4. The molecule has 1 fully saturated rings. The third-order valence-corrected chi connectivity index (χ3v) is 13.7. The average molecular weight is 1130 g/mol. The van der Waals surface area contributed by atoms with Gasteiger partial charge >= 0.3 is 0 Å². The molecule has 2 heterocycles. The minimum atomic E-state index is -0.886. The van der Waals surface area contributed by atoms with Crippen LogP contribution in [0.5, 0.6) is 23.0 Å². The lowest BCUT2D eigenvalue weighted by atomic mass is 10.00. The van der Waals surface area contributed by atoms with Gasteiger partial charge in [0.15, 0.2) is 0 Å². The van der Waals surface area contributed by atoms with Crippen LogP contribution in [0.3, 0.4) is 0 Å². The smallest absolute Gasteiger partial charge is 0.243 e. The molecule has 4 aromatic rings. The molecule has 442 valence electrons. The lowest BCUT2D eigenvalue weighted by molar-refractivity contribution is -0.141. The number of hydrogen-bond donors (Lipinski definition) is 10. The number of phenols is 2. The van der Waals surface area contributed by atoms with Crippen molar-refractivity contribution in [3.8, 4) is 23.0 Å². The zero-order valence-electron chi connectivity index (χ0n) is 47.8. The number of fused-ring (bicyclic) bond motifs is 2. The van der Waals surface area contributed by atoms with E-state index in [9.17, 15) is 43.8 Å². The van der Waals surface area contributed by atoms with Crippen LogP contribution in [0.1, 0.15) is 95.4 Å². The largest absolute Gasteiger partial charge is 0.508 e. The first-order chi connectivity index (χ1) is 39.5. The Kier molecular flexibility index (Phi) is 26.9. The molecule has 0 bridgehead atoms. The fraction of sp³-hybridized carbons (Fsp3) is 0.435. The number of rotatable bonds is 22. The molecule has 0 aliphatic carbocycles. The van der Waals surface area contributed by atoms with Crippen LogP contribution in [-0.4, -0.2) is 139 Å². The maximum atomic E-state index is 13.8. The second-order valence-corrected chi connectivity index (χ2v) is 20.5. The number of aromatic hydroxyl groups is 2. The Hall–Kier alpha value is -8.23. The average Bonchev–Trinajstić information content (AvgIpc) is 4.17. The Morgan fingerprint density at radius 3 is 2.22 bits per heavy atom. The van der Waals surface area contributed by atoms with E-state index in [-0.39, 0.29) is 47.7 Å². The highest BCUT2D eigenvalue weighted by Crippen LogP contribution is 2.23. The zero-order valence-corrected chi connectivity index (χ0v) is 47.8. The maximum absolute atomic E-state index is 13.8. The Morgan fingerprint density at radius 2 is 1.54 bits per heavy atom. The molecular weight excluding hydrogens is 1050 g/mol. The normalized spacial score (nSPS) is 18.3. The number of carbonyl (C=O) groups excluding carboxylic acids is 7. The van der Waals surface area contributed by atoms with Gasteiger partial charge in [0.25, 0.3) is 0 Å². The van der Waals surface area contributed by atoms with Crippen LogP contribution < -0.4 is 52.4 Å². The molecule has 4 aromatic carbocycles. The summed E-state index contributed by atoms with van der Waals surface area (Å²) in [5, 5.41) is 40.0. The van der Waals surface area contributed by atoms with E-state index in [1.165, 1.54) is 6.92 Å². The van der Waals surface area contributed by atoms with E-state index < -0.39 is 54.0 Å². The van der Waals surface area contributed by atoms with Crippen molar-refractivity contribution in [2.24, 2.45) is 11.7 Å². The number of para-hydroxylation sites is 2. The summed E-state index contributed by atoms with van der Waals surface area (Å²) in [6, 6.07) is 24.1. The summed E-state index contributed by atoms with van der Waals surface area (Å²) < 4.78 is 12.0. The first-order valence-corrected chi connectivity index (χ1v) is 28.3. The van der Waals surface area contributed by atoms with E-state index in [0.29, 0.717) is 95.8 Å². The number of nitrogens with two attached hydrogens (primary N) is 1. The lowest BCUT2D eigenvalue weighted by Crippen LogP contribution is -2.58. The second kappa shape index (κ2) is 34.1. The van der Waals surface area contributed by atoms with Crippen molar-refractivity contribution in [1.82, 2.24) is 42.1 Å². The van der Waals surface area contributed by atoms with Crippen LogP contribution in [0, 0.1) is 5.92 Å². The zero-order chi connectivity index (χ0) is 59.4. The van der Waals surface area contributed by atoms with Crippen molar-refractivity contribution in [3.05, 3.63) is 131 Å². The lowest BCUT2D eigenvalue weighted by Gasteiger charge is -2.30. The monoisotopic (exact) mass is 1130 g/mol. The second-order valence-electron chi connectivity index (χ2n) is 20.5. The standard InChI is InChI=1S/C32H45N5O6.C30H38N4O5/c1-5-9-26(30(33)40)36-32(42)29(21(2)3)37-31(41)27(20-23-13-15-25(39)16-14-23)35-18-19-43-28-12-7-6-10-24(28)11-8-17-34-22(4)38;1-2-7-24-28(36)32-16-5-9-22-8-3-4-11-27(22)39-19-17-31-25(20-21-12-14-23(35)15-13-21)30(38)34-18-6-10-26(34)29(37)33-24/h6-8,10-16,21,26-27,29,35,39H,5,9,17-20H2,1-4H3,(H2,33,40)(H,34,38)(H,36,42)(H,37,41);3-5,8-9,11-15,24-26,31,35H,2,6-7,10,16-20H2,1H3,(H,32,36)(H,33,37)/b11-8+;9-5+/t26-,27+,29+;24-,25+,26?/m00/s1. The molecule has 0 saturated carbocycles. The Morgan fingerprint density at radius 1 is 0.841 bits per heavy atom. The van der Waals surface area contributed by atoms with E-state index in [1.807, 2.05) is 101 Å². The van der Waals surface area contributed by atoms with Gasteiger partial charge in [0, 0.05) is 50.8 Å². The van der Waals surface area contributed by atoms with E-state index in [2.05, 4.69) is 37.2 Å². The molecule has 0 aromatic heterocycles. The van der Waals surface area contributed by atoms with Crippen LogP contribution >= 0.6 is 0 Å². The van der Waals surface area contributed by atoms with Crippen LogP contribution in [0.4, 0.5) is 0 Å². The van der Waals surface area contributed by atoms with E-state index in [0.717, 1.165) is 28.7 Å². The van der Waals surface area contributed by atoms with Crippen molar-refractivity contribution in [1.29, 1.82) is 0 Å². The number of ether oxygens (including phenoxy) is 2. The summed E-state index contributed by atoms with van der Waals surface area (Å²) >= 11 is 0. The number of nitrogens with zero attached hydrogens (tertiary/aromatic N) is 1. The molecule has 11 N–H and O–H groups in total. The Labute approximate surface area is 481 Å². The summed E-state index contributed by atoms with van der Waals surface area (Å²) in [5.74, 6) is -0.947. The number of primary amides is 1. The van der Waals surface area contributed by atoms with Crippen molar-refractivity contribution >= 4 is 53.5 Å². The maximum Gasteiger partial charge on any atom is 0.243 e. The van der Waals surface area contributed by atoms with Crippen molar-refractivity contribution < 1.29 is 53.2 Å². The highest BCUT2D eigenvalue weighted by Gasteiger charge is 2.38. The molecule has 2 aliphatic heterocycles. The molecule has 1 unspecified atom stereocenters. The fourth-order valence-electron chi connectivity index (χ4n) is 9.34. The molecule has 1 saturated heterocycles. The van der Waals surface area contributed by atoms with Gasteiger partial charge in [-0.2, -0.15) is 0 Å². The van der Waals surface area contributed by atoms with Crippen molar-refractivity contribution in [3.63, 3.8) is 0 Å². The number of carbonyl (C=O) groups is 7. The third-order valence-electron chi connectivity index (χ3n) is 13.7. The third kappa shape index (κ3) is 21.3. The summed E-state index contributed by atoms with van der Waals surface area (Å²) in [6.45, 7) is 11.4. The number of amides is 7. The molecule has 2 aliphatic rings. The van der Waals surface area contributed by atoms with E-state index in [4.69, 9.17) is 15.2 Å². The van der Waals surface area contributed by atoms with E-state index in [1.54, 1.807) is 53.4 Å². The van der Waals surface area contributed by atoms with Gasteiger partial charge in [-0.1, -0.05) is 126 Å². The summed E-state index contributed by atoms with van der Waals surface area (Å²) in [6.07, 6.45) is 11.7. The van der Waals surface area contributed by atoms with Gasteiger partial charge in [0.1, 0.15) is 60.4 Å². The van der Waals surface area contributed by atoms with Crippen molar-refractivity contribution in [2.45, 2.75) is 122 Å². The molecule has 20 nitrogen and oxygen atoms in total.